The molecule has 0 bridgehead atoms. The highest BCUT2D eigenvalue weighted by atomic mass is 32.2. The van der Waals surface area contributed by atoms with Crippen molar-refractivity contribution in [1.82, 2.24) is 14.6 Å². The summed E-state index contributed by atoms with van der Waals surface area (Å²) in [6, 6.07) is 9.63. The molecule has 0 spiro atoms. The van der Waals surface area contributed by atoms with E-state index in [0.29, 0.717) is 31.2 Å². The van der Waals surface area contributed by atoms with Gasteiger partial charge in [0.05, 0.1) is 18.1 Å². The highest BCUT2D eigenvalue weighted by Gasteiger charge is 2.28. The number of ether oxygens (including phenoxy) is 1. The van der Waals surface area contributed by atoms with E-state index in [9.17, 15) is 8.42 Å². The van der Waals surface area contributed by atoms with Crippen molar-refractivity contribution >= 4 is 15.8 Å². The fraction of sp³-hybridized carbons (Fsp3) is 0.450. The van der Waals surface area contributed by atoms with Gasteiger partial charge in [-0.25, -0.2) is 13.4 Å². The normalized spacial score (nSPS) is 16.7. The Labute approximate surface area is 167 Å². The lowest BCUT2D eigenvalue weighted by molar-refractivity contribution is 0.0730. The van der Waals surface area contributed by atoms with E-state index in [2.05, 4.69) is 22.5 Å². The molecule has 0 aliphatic carbocycles. The van der Waals surface area contributed by atoms with Crippen LogP contribution in [0.1, 0.15) is 12.5 Å². The highest BCUT2D eigenvalue weighted by molar-refractivity contribution is 7.89. The van der Waals surface area contributed by atoms with Crippen molar-refractivity contribution in [3.63, 3.8) is 0 Å². The summed E-state index contributed by atoms with van der Waals surface area (Å²) in [5, 5.41) is 6.47. The minimum Gasteiger partial charge on any atom is -0.379 e. The Hall–Kier alpha value is -2.00. The lowest BCUT2D eigenvalue weighted by Gasteiger charge is -2.27. The second-order valence-electron chi connectivity index (χ2n) is 7.03. The maximum Gasteiger partial charge on any atom is 0.243 e. The molecule has 1 saturated heterocycles. The molecule has 1 aliphatic heterocycles. The van der Waals surface area contributed by atoms with Gasteiger partial charge in [-0.05, 0) is 55.8 Å². The van der Waals surface area contributed by atoms with Crippen LogP contribution in [0.15, 0.2) is 41.4 Å². The minimum atomic E-state index is -3.55. The summed E-state index contributed by atoms with van der Waals surface area (Å²) in [6.45, 7) is 6.36. The molecule has 1 unspecified atom stereocenters. The monoisotopic (exact) mass is 404 g/mol. The average Bonchev–Trinajstić information content (AvgIpc) is 2.69. The second kappa shape index (κ2) is 9.00. The summed E-state index contributed by atoms with van der Waals surface area (Å²) in [5.41, 5.74) is 2.52. The predicted molar refractivity (Wildman–Crippen MR) is 111 cm³/mol. The molecular weight excluding hydrogens is 376 g/mol. The molecule has 8 heteroatoms. The van der Waals surface area contributed by atoms with E-state index in [0.717, 1.165) is 29.1 Å². The third-order valence-corrected chi connectivity index (χ3v) is 6.81. The number of nitrogens with one attached hydrogen (secondary N) is 2. The van der Waals surface area contributed by atoms with E-state index in [1.807, 2.05) is 38.2 Å². The fourth-order valence-corrected chi connectivity index (χ4v) is 4.94. The van der Waals surface area contributed by atoms with Crippen molar-refractivity contribution in [1.29, 1.82) is 0 Å². The lowest BCUT2D eigenvalue weighted by atomic mass is 10.1. The molecule has 28 heavy (non-hydrogen) atoms. The molecule has 1 atom stereocenters. The van der Waals surface area contributed by atoms with Gasteiger partial charge in [0, 0.05) is 31.9 Å². The topological polar surface area (TPSA) is 83.6 Å². The average molecular weight is 405 g/mol. The van der Waals surface area contributed by atoms with Crippen molar-refractivity contribution in [2.45, 2.75) is 24.8 Å². The highest BCUT2D eigenvalue weighted by Crippen LogP contribution is 2.28. The van der Waals surface area contributed by atoms with Crippen molar-refractivity contribution < 1.29 is 13.2 Å². The van der Waals surface area contributed by atoms with Crippen LogP contribution < -0.4 is 10.6 Å². The first-order valence-corrected chi connectivity index (χ1v) is 10.9. The number of anilines is 1. The molecule has 0 amide bonds. The zero-order chi connectivity index (χ0) is 20.1. The van der Waals surface area contributed by atoms with Crippen molar-refractivity contribution in [2.75, 3.05) is 45.2 Å². The number of benzene rings is 1. The van der Waals surface area contributed by atoms with Crippen LogP contribution in [0.3, 0.4) is 0 Å². The van der Waals surface area contributed by atoms with Crippen LogP contribution in [-0.4, -0.2) is 63.6 Å². The number of aromatic nitrogens is 1. The number of sulfonamides is 1. The van der Waals surface area contributed by atoms with Crippen LogP contribution in [0.2, 0.25) is 0 Å². The predicted octanol–water partition coefficient (Wildman–Crippen LogP) is 2.10. The maximum atomic E-state index is 13.1. The van der Waals surface area contributed by atoms with E-state index >= 15 is 0 Å². The third-order valence-electron chi connectivity index (χ3n) is 4.77. The van der Waals surface area contributed by atoms with E-state index < -0.39 is 10.0 Å². The van der Waals surface area contributed by atoms with Crippen LogP contribution in [0.25, 0.3) is 11.1 Å². The number of nitrogens with zero attached hydrogens (tertiary/aromatic N) is 2. The number of hydrogen-bond acceptors (Lipinski definition) is 6. The number of pyridine rings is 1. The first-order chi connectivity index (χ1) is 13.4. The minimum absolute atomic E-state index is 0.225. The van der Waals surface area contributed by atoms with Crippen molar-refractivity contribution in [2.24, 2.45) is 0 Å². The van der Waals surface area contributed by atoms with Crippen LogP contribution >= 0.6 is 0 Å². The van der Waals surface area contributed by atoms with Gasteiger partial charge in [-0.1, -0.05) is 12.1 Å². The molecule has 7 nitrogen and oxygen atoms in total. The zero-order valence-electron chi connectivity index (χ0n) is 16.6. The first-order valence-electron chi connectivity index (χ1n) is 9.48. The quantitative estimate of drug-likeness (QED) is 0.735. The van der Waals surface area contributed by atoms with Crippen LogP contribution in [0.5, 0.6) is 0 Å². The first kappa shape index (κ1) is 20.7. The molecule has 3 rings (SSSR count). The van der Waals surface area contributed by atoms with E-state index in [-0.39, 0.29) is 6.04 Å². The van der Waals surface area contributed by atoms with Gasteiger partial charge in [-0.2, -0.15) is 4.31 Å². The number of rotatable bonds is 7. The van der Waals surface area contributed by atoms with E-state index in [1.165, 1.54) is 4.31 Å². The Morgan fingerprint density at radius 1 is 1.18 bits per heavy atom. The Kier molecular flexibility index (Phi) is 6.66. The molecule has 0 radical (unpaired) electrons. The molecule has 1 aromatic heterocycles. The molecule has 0 saturated carbocycles. The molecule has 152 valence electrons. The Bertz CT molecular complexity index is 911. The van der Waals surface area contributed by atoms with Crippen LogP contribution in [-0.2, 0) is 14.8 Å². The summed E-state index contributed by atoms with van der Waals surface area (Å²) < 4.78 is 33.0. The molecule has 1 aromatic carbocycles. The van der Waals surface area contributed by atoms with Gasteiger partial charge in [0.2, 0.25) is 10.0 Å². The maximum absolute atomic E-state index is 13.1. The number of likely N-dealkylation sites (N-methyl/N-ethyl adjacent to an activating group) is 1. The Balaban J connectivity index is 1.91. The summed E-state index contributed by atoms with van der Waals surface area (Å²) in [5.74, 6) is 0.762. The van der Waals surface area contributed by atoms with Gasteiger partial charge in [0.1, 0.15) is 5.82 Å². The number of morpholine rings is 1. The van der Waals surface area contributed by atoms with Gasteiger partial charge >= 0.3 is 0 Å². The largest absolute Gasteiger partial charge is 0.379 e. The molecular formula is C20H28N4O3S. The van der Waals surface area contributed by atoms with Gasteiger partial charge in [-0.15, -0.1) is 0 Å². The molecule has 2 heterocycles. The summed E-state index contributed by atoms with van der Waals surface area (Å²) in [7, 11) is -1.64. The second-order valence-corrected chi connectivity index (χ2v) is 8.94. The third kappa shape index (κ3) is 4.70. The summed E-state index contributed by atoms with van der Waals surface area (Å²) in [6.07, 6.45) is 1.74. The SMILES string of the molecule is CNCC(C)Nc1cc(-c2ccc(C)c(S(=O)(=O)N3CCOCC3)c2)ccn1. The summed E-state index contributed by atoms with van der Waals surface area (Å²) >= 11 is 0. The van der Waals surface area contributed by atoms with Crippen LogP contribution in [0, 0.1) is 6.92 Å². The fourth-order valence-electron chi connectivity index (χ4n) is 3.28. The Morgan fingerprint density at radius 3 is 2.61 bits per heavy atom. The zero-order valence-corrected chi connectivity index (χ0v) is 17.4. The number of hydrogen-bond donors (Lipinski definition) is 2. The van der Waals surface area contributed by atoms with Gasteiger partial charge < -0.3 is 15.4 Å². The molecule has 2 aromatic rings. The summed E-state index contributed by atoms with van der Waals surface area (Å²) in [4.78, 5) is 4.72. The van der Waals surface area contributed by atoms with E-state index in [1.54, 1.807) is 12.3 Å². The van der Waals surface area contributed by atoms with Gasteiger partial charge in [0.25, 0.3) is 0 Å². The van der Waals surface area contributed by atoms with Gasteiger partial charge in [0.15, 0.2) is 0 Å². The molecule has 1 fully saturated rings. The van der Waals surface area contributed by atoms with Crippen molar-refractivity contribution in [3.05, 3.63) is 42.1 Å². The molecule has 1 aliphatic rings. The van der Waals surface area contributed by atoms with E-state index in [4.69, 9.17) is 4.74 Å². The van der Waals surface area contributed by atoms with Crippen LogP contribution in [0.4, 0.5) is 5.82 Å². The van der Waals surface area contributed by atoms with Gasteiger partial charge in [-0.3, -0.25) is 0 Å². The van der Waals surface area contributed by atoms with Crippen molar-refractivity contribution in [3.8, 4) is 11.1 Å². The molecule has 2 N–H and O–H groups in total. The lowest BCUT2D eigenvalue weighted by Crippen LogP contribution is -2.40. The number of aryl methyl sites for hydroxylation is 1. The Morgan fingerprint density at radius 2 is 1.89 bits per heavy atom. The smallest absolute Gasteiger partial charge is 0.243 e. The standard InChI is InChI=1S/C20H28N4O3S/c1-15-4-5-17(12-19(15)28(25,26)24-8-10-27-11-9-24)18-6-7-22-20(13-18)23-16(2)14-21-3/h4-7,12-13,16,21H,8-11,14H2,1-3H3,(H,22,23).